The van der Waals surface area contributed by atoms with Crippen molar-refractivity contribution in [3.8, 4) is 0 Å². The van der Waals surface area contributed by atoms with E-state index in [1.165, 1.54) is 0 Å². The van der Waals surface area contributed by atoms with Crippen molar-refractivity contribution in [3.63, 3.8) is 0 Å². The number of hydrogen-bond donors (Lipinski definition) is 1. The first kappa shape index (κ1) is 13.5. The predicted molar refractivity (Wildman–Crippen MR) is 77.3 cm³/mol. The number of carbonyl (C=O) groups is 1. The van der Waals surface area contributed by atoms with E-state index in [2.05, 4.69) is 26.5 Å². The zero-order valence-electron chi connectivity index (χ0n) is 11.3. The Morgan fingerprint density at radius 2 is 2.11 bits per heavy atom. The molecule has 1 amide bonds. The minimum atomic E-state index is 0.155. The number of rotatable bonds is 1. The van der Waals surface area contributed by atoms with Crippen molar-refractivity contribution in [1.29, 1.82) is 0 Å². The lowest BCUT2D eigenvalue weighted by Crippen LogP contribution is -2.44. The Morgan fingerprint density at radius 1 is 1.39 bits per heavy atom. The third kappa shape index (κ3) is 2.72. The van der Waals surface area contributed by atoms with Crippen LogP contribution in [-0.4, -0.2) is 23.4 Å². The van der Waals surface area contributed by atoms with Crippen LogP contribution < -0.4 is 0 Å². The average molecular weight is 263 g/mol. The second-order valence-electron chi connectivity index (χ2n) is 5.48. The van der Waals surface area contributed by atoms with Crippen molar-refractivity contribution in [3.05, 3.63) is 29.3 Å². The van der Waals surface area contributed by atoms with Gasteiger partial charge in [0.1, 0.15) is 0 Å². The van der Waals surface area contributed by atoms with Gasteiger partial charge in [0.25, 0.3) is 5.91 Å². The Morgan fingerprint density at radius 3 is 2.78 bits per heavy atom. The van der Waals surface area contributed by atoms with Gasteiger partial charge in [0.2, 0.25) is 0 Å². The van der Waals surface area contributed by atoms with Crippen LogP contribution in [-0.2, 0) is 0 Å². The van der Waals surface area contributed by atoms with Crippen LogP contribution in [0.25, 0.3) is 0 Å². The van der Waals surface area contributed by atoms with Crippen LogP contribution in [0.1, 0.15) is 42.6 Å². The molecule has 1 aliphatic rings. The predicted octanol–water partition coefficient (Wildman–Crippen LogP) is 3.54. The minimum Gasteiger partial charge on any atom is -0.336 e. The van der Waals surface area contributed by atoms with Crippen LogP contribution in [0.5, 0.6) is 0 Å². The van der Waals surface area contributed by atoms with E-state index in [0.29, 0.717) is 6.04 Å². The molecule has 0 aromatic heterocycles. The largest absolute Gasteiger partial charge is 0.336 e. The van der Waals surface area contributed by atoms with Gasteiger partial charge < -0.3 is 4.90 Å². The molecule has 0 aliphatic carbocycles. The van der Waals surface area contributed by atoms with E-state index in [9.17, 15) is 4.79 Å². The molecule has 18 heavy (non-hydrogen) atoms. The molecule has 1 fully saturated rings. The number of benzene rings is 1. The van der Waals surface area contributed by atoms with Gasteiger partial charge in [0.05, 0.1) is 0 Å². The van der Waals surface area contributed by atoms with Gasteiger partial charge in [-0.15, -0.1) is 12.6 Å². The molecule has 2 nitrogen and oxygen atoms in total. The van der Waals surface area contributed by atoms with Crippen LogP contribution in [0.4, 0.5) is 0 Å². The summed E-state index contributed by atoms with van der Waals surface area (Å²) < 4.78 is 0. The van der Waals surface area contributed by atoms with Crippen LogP contribution >= 0.6 is 12.6 Å². The fourth-order valence-electron chi connectivity index (χ4n) is 2.70. The molecule has 0 saturated carbocycles. The zero-order valence-corrected chi connectivity index (χ0v) is 12.2. The standard InChI is InChI=1S/C15H21NOS/c1-10-6-7-16(12(3)8-10)15(17)14-9-13(18)5-4-11(14)2/h4-5,9-10,12,18H,6-8H2,1-3H3. The number of nitrogens with zero attached hydrogens (tertiary/aromatic N) is 1. The van der Waals surface area contributed by atoms with Crippen molar-refractivity contribution >= 4 is 18.5 Å². The molecule has 1 aliphatic heterocycles. The molecule has 1 aromatic carbocycles. The highest BCUT2D eigenvalue weighted by molar-refractivity contribution is 7.80. The maximum Gasteiger partial charge on any atom is 0.254 e. The lowest BCUT2D eigenvalue weighted by molar-refractivity contribution is 0.0587. The second-order valence-corrected chi connectivity index (χ2v) is 5.99. The van der Waals surface area contributed by atoms with Gasteiger partial charge in [-0.2, -0.15) is 0 Å². The Labute approximate surface area is 115 Å². The van der Waals surface area contributed by atoms with E-state index in [1.807, 2.05) is 30.0 Å². The summed E-state index contributed by atoms with van der Waals surface area (Å²) in [5.74, 6) is 0.879. The molecule has 0 spiro atoms. The molecule has 98 valence electrons. The van der Waals surface area contributed by atoms with Gasteiger partial charge in [-0.1, -0.05) is 13.0 Å². The summed E-state index contributed by atoms with van der Waals surface area (Å²) in [6.07, 6.45) is 2.21. The van der Waals surface area contributed by atoms with Crippen LogP contribution in [0, 0.1) is 12.8 Å². The Kier molecular flexibility index (Phi) is 4.00. The molecule has 1 heterocycles. The second kappa shape index (κ2) is 5.35. The van der Waals surface area contributed by atoms with Crippen LogP contribution in [0.15, 0.2) is 23.1 Å². The zero-order chi connectivity index (χ0) is 13.3. The molecular formula is C15H21NOS. The summed E-state index contributed by atoms with van der Waals surface area (Å²) in [5, 5.41) is 0. The summed E-state index contributed by atoms with van der Waals surface area (Å²) >= 11 is 4.33. The Hall–Kier alpha value is -0.960. The van der Waals surface area contributed by atoms with Gasteiger partial charge in [0.15, 0.2) is 0 Å². The van der Waals surface area contributed by atoms with E-state index in [0.717, 1.165) is 41.3 Å². The molecule has 2 atom stereocenters. The maximum absolute atomic E-state index is 12.6. The number of piperidine rings is 1. The third-order valence-electron chi connectivity index (χ3n) is 3.85. The number of aryl methyl sites for hydroxylation is 1. The van der Waals surface area contributed by atoms with Crippen molar-refractivity contribution in [1.82, 2.24) is 4.90 Å². The van der Waals surface area contributed by atoms with E-state index < -0.39 is 0 Å². The first-order valence-corrected chi connectivity index (χ1v) is 7.04. The molecule has 1 saturated heterocycles. The fourth-order valence-corrected chi connectivity index (χ4v) is 2.91. The molecule has 0 bridgehead atoms. The minimum absolute atomic E-state index is 0.155. The van der Waals surface area contributed by atoms with E-state index in [4.69, 9.17) is 0 Å². The topological polar surface area (TPSA) is 20.3 Å². The van der Waals surface area contributed by atoms with Gasteiger partial charge in [-0.05, 0) is 50.3 Å². The van der Waals surface area contributed by atoms with Crippen LogP contribution in [0.3, 0.4) is 0 Å². The highest BCUT2D eigenvalue weighted by Gasteiger charge is 2.28. The quantitative estimate of drug-likeness (QED) is 0.768. The summed E-state index contributed by atoms with van der Waals surface area (Å²) in [5.41, 5.74) is 1.83. The number of likely N-dealkylation sites (tertiary alicyclic amines) is 1. The van der Waals surface area contributed by atoms with Gasteiger partial charge >= 0.3 is 0 Å². The Bertz CT molecular complexity index is 458. The normalized spacial score (nSPS) is 24.1. The number of hydrogen-bond acceptors (Lipinski definition) is 2. The lowest BCUT2D eigenvalue weighted by atomic mass is 9.92. The van der Waals surface area contributed by atoms with Crippen LogP contribution in [0.2, 0.25) is 0 Å². The SMILES string of the molecule is Cc1ccc(S)cc1C(=O)N1CCC(C)CC1C. The van der Waals surface area contributed by atoms with E-state index >= 15 is 0 Å². The van der Waals surface area contributed by atoms with Gasteiger partial charge in [-0.25, -0.2) is 0 Å². The Balaban J connectivity index is 2.23. The van der Waals surface area contributed by atoms with Crippen molar-refractivity contribution < 1.29 is 4.79 Å². The monoisotopic (exact) mass is 263 g/mol. The highest BCUT2D eigenvalue weighted by atomic mass is 32.1. The van der Waals surface area contributed by atoms with Gasteiger partial charge in [-0.3, -0.25) is 4.79 Å². The van der Waals surface area contributed by atoms with E-state index in [-0.39, 0.29) is 5.91 Å². The molecule has 1 aromatic rings. The summed E-state index contributed by atoms with van der Waals surface area (Å²) in [7, 11) is 0. The first-order valence-electron chi connectivity index (χ1n) is 6.59. The summed E-state index contributed by atoms with van der Waals surface area (Å²) in [4.78, 5) is 15.4. The molecule has 3 heteroatoms. The smallest absolute Gasteiger partial charge is 0.254 e. The molecule has 2 unspecified atom stereocenters. The first-order chi connectivity index (χ1) is 8.49. The van der Waals surface area contributed by atoms with Crippen molar-refractivity contribution in [2.45, 2.75) is 44.6 Å². The summed E-state index contributed by atoms with van der Waals surface area (Å²) in [6.45, 7) is 7.26. The van der Waals surface area contributed by atoms with Gasteiger partial charge in [0, 0.05) is 23.0 Å². The third-order valence-corrected chi connectivity index (χ3v) is 4.13. The van der Waals surface area contributed by atoms with Crippen molar-refractivity contribution in [2.75, 3.05) is 6.54 Å². The maximum atomic E-state index is 12.6. The molecular weight excluding hydrogens is 242 g/mol. The van der Waals surface area contributed by atoms with Crippen molar-refractivity contribution in [2.24, 2.45) is 5.92 Å². The number of carbonyl (C=O) groups excluding carboxylic acids is 1. The highest BCUT2D eigenvalue weighted by Crippen LogP contribution is 2.25. The average Bonchev–Trinajstić information content (AvgIpc) is 2.31. The van der Waals surface area contributed by atoms with E-state index in [1.54, 1.807) is 0 Å². The molecule has 2 rings (SSSR count). The lowest BCUT2D eigenvalue weighted by Gasteiger charge is -2.36. The summed E-state index contributed by atoms with van der Waals surface area (Å²) in [6, 6.07) is 6.11. The number of thiol groups is 1. The number of amides is 1. The molecule has 0 N–H and O–H groups in total. The fraction of sp³-hybridized carbons (Fsp3) is 0.533. The molecule has 0 radical (unpaired) electrons.